The number of nitrogens with zero attached hydrogens (tertiary/aromatic N) is 4. The van der Waals surface area contributed by atoms with E-state index in [-0.39, 0.29) is 17.8 Å². The van der Waals surface area contributed by atoms with Crippen LogP contribution < -0.4 is 5.32 Å². The predicted octanol–water partition coefficient (Wildman–Crippen LogP) is 3.95. The van der Waals surface area contributed by atoms with Crippen LogP contribution in [0.15, 0.2) is 5.16 Å². The largest absolute Gasteiger partial charge is 0.376 e. The summed E-state index contributed by atoms with van der Waals surface area (Å²) >= 11 is 2.96. The number of carbonyl (C=O) groups excluding carboxylic acids is 1. The van der Waals surface area contributed by atoms with E-state index < -0.39 is 0 Å². The third-order valence-electron chi connectivity index (χ3n) is 5.64. The van der Waals surface area contributed by atoms with Crippen molar-refractivity contribution in [1.29, 1.82) is 5.26 Å². The van der Waals surface area contributed by atoms with Gasteiger partial charge in [0, 0.05) is 17.9 Å². The fourth-order valence-electron chi connectivity index (χ4n) is 4.10. The number of nitrogens with one attached hydrogen (secondary N) is 1. The second kappa shape index (κ2) is 9.94. The molecule has 1 fully saturated rings. The first-order chi connectivity index (χ1) is 14.7. The summed E-state index contributed by atoms with van der Waals surface area (Å²) in [6.45, 7) is 3.60. The molecule has 2 aromatic rings. The lowest BCUT2D eigenvalue weighted by Gasteiger charge is -2.14. The van der Waals surface area contributed by atoms with E-state index >= 15 is 0 Å². The molecule has 1 aliphatic heterocycles. The van der Waals surface area contributed by atoms with Crippen LogP contribution in [0, 0.1) is 11.3 Å². The zero-order chi connectivity index (χ0) is 20.9. The Bertz CT molecular complexity index is 940. The van der Waals surface area contributed by atoms with Gasteiger partial charge >= 0.3 is 0 Å². The van der Waals surface area contributed by atoms with Crippen LogP contribution >= 0.6 is 23.1 Å². The Morgan fingerprint density at radius 3 is 2.97 bits per heavy atom. The third-order valence-corrected chi connectivity index (χ3v) is 7.81. The molecule has 7 nitrogen and oxygen atoms in total. The number of hydrogen-bond acceptors (Lipinski definition) is 7. The highest BCUT2D eigenvalue weighted by Gasteiger charge is 2.23. The standard InChI is InChI=1S/C21H27N5O2S2/c1-2-18-24-25-21(26(18)12-14-7-6-10-28-14)29-13-19(27)23-20-16(11-22)15-8-4-3-5-9-17(15)30-20/h14H,2-10,12-13H2,1H3,(H,23,27). The Labute approximate surface area is 185 Å². The summed E-state index contributed by atoms with van der Waals surface area (Å²) in [6, 6.07) is 2.32. The molecule has 0 saturated carbocycles. The molecular formula is C21H27N5O2S2. The summed E-state index contributed by atoms with van der Waals surface area (Å²) in [5, 5.41) is 22.6. The van der Waals surface area contributed by atoms with Crippen molar-refractivity contribution in [2.45, 2.75) is 76.1 Å². The molecule has 1 aliphatic carbocycles. The van der Waals surface area contributed by atoms with Crippen molar-refractivity contribution in [1.82, 2.24) is 14.8 Å². The zero-order valence-corrected chi connectivity index (χ0v) is 18.9. The fraction of sp³-hybridized carbons (Fsp3) is 0.619. The number of aromatic nitrogens is 3. The van der Waals surface area contributed by atoms with Gasteiger partial charge in [-0.1, -0.05) is 25.1 Å². The first-order valence-electron chi connectivity index (χ1n) is 10.7. The molecule has 1 N–H and O–H groups in total. The highest BCUT2D eigenvalue weighted by Crippen LogP contribution is 2.37. The van der Waals surface area contributed by atoms with E-state index in [1.165, 1.54) is 23.1 Å². The normalized spacial score (nSPS) is 18.6. The molecule has 0 radical (unpaired) electrons. The van der Waals surface area contributed by atoms with Gasteiger partial charge in [-0.25, -0.2) is 0 Å². The smallest absolute Gasteiger partial charge is 0.235 e. The van der Waals surface area contributed by atoms with Gasteiger partial charge in [0.05, 0.1) is 24.0 Å². The van der Waals surface area contributed by atoms with Crippen molar-refractivity contribution in [3.05, 3.63) is 21.8 Å². The molecule has 1 unspecified atom stereocenters. The quantitative estimate of drug-likeness (QED) is 0.512. The molecule has 0 bridgehead atoms. The third kappa shape index (κ3) is 4.71. The monoisotopic (exact) mass is 445 g/mol. The Kier molecular flexibility index (Phi) is 7.08. The Hall–Kier alpha value is -1.89. The van der Waals surface area contributed by atoms with Gasteiger partial charge in [0.25, 0.3) is 0 Å². The van der Waals surface area contributed by atoms with Crippen molar-refractivity contribution in [3.8, 4) is 6.07 Å². The number of anilines is 1. The number of carbonyl (C=O) groups is 1. The molecule has 2 aromatic heterocycles. The average molecular weight is 446 g/mol. The Balaban J connectivity index is 1.41. The lowest BCUT2D eigenvalue weighted by molar-refractivity contribution is -0.113. The molecule has 1 atom stereocenters. The Morgan fingerprint density at radius 1 is 1.33 bits per heavy atom. The molecule has 0 spiro atoms. The summed E-state index contributed by atoms with van der Waals surface area (Å²) in [5.74, 6) is 1.04. The molecule has 2 aliphatic rings. The predicted molar refractivity (Wildman–Crippen MR) is 118 cm³/mol. The van der Waals surface area contributed by atoms with Gasteiger partial charge in [0.1, 0.15) is 16.9 Å². The molecule has 0 aromatic carbocycles. The number of nitriles is 1. The van der Waals surface area contributed by atoms with E-state index in [0.717, 1.165) is 74.6 Å². The number of thioether (sulfide) groups is 1. The van der Waals surface area contributed by atoms with Crippen molar-refractivity contribution in [3.63, 3.8) is 0 Å². The van der Waals surface area contributed by atoms with E-state index in [1.807, 2.05) is 0 Å². The first-order valence-corrected chi connectivity index (χ1v) is 12.5. The number of hydrogen-bond donors (Lipinski definition) is 1. The molecule has 9 heteroatoms. The number of rotatable bonds is 7. The second-order valence-corrected chi connectivity index (χ2v) is 9.76. The van der Waals surface area contributed by atoms with Crippen molar-refractivity contribution in [2.75, 3.05) is 17.7 Å². The topological polar surface area (TPSA) is 92.8 Å². The van der Waals surface area contributed by atoms with E-state index in [0.29, 0.717) is 10.6 Å². The maximum absolute atomic E-state index is 12.7. The molecule has 1 amide bonds. The summed E-state index contributed by atoms with van der Waals surface area (Å²) in [7, 11) is 0. The van der Waals surface area contributed by atoms with Crippen LogP contribution in [0.4, 0.5) is 5.00 Å². The van der Waals surface area contributed by atoms with Crippen LogP contribution in [0.1, 0.15) is 60.9 Å². The first kappa shape index (κ1) is 21.3. The number of ether oxygens (including phenoxy) is 1. The SMILES string of the molecule is CCc1nnc(SCC(=O)Nc2sc3c(c2C#N)CCCCC3)n1CC1CCCO1. The zero-order valence-electron chi connectivity index (χ0n) is 17.3. The summed E-state index contributed by atoms with van der Waals surface area (Å²) < 4.78 is 7.85. The minimum atomic E-state index is -0.113. The van der Waals surface area contributed by atoms with Gasteiger partial charge in [-0.05, 0) is 44.1 Å². The average Bonchev–Trinajstić information content (AvgIpc) is 3.43. The maximum atomic E-state index is 12.7. The number of fused-ring (bicyclic) bond motifs is 1. The molecule has 160 valence electrons. The summed E-state index contributed by atoms with van der Waals surface area (Å²) in [5.41, 5.74) is 1.80. The summed E-state index contributed by atoms with van der Waals surface area (Å²) in [4.78, 5) is 13.9. The van der Waals surface area contributed by atoms with Gasteiger partial charge in [-0.15, -0.1) is 21.5 Å². The highest BCUT2D eigenvalue weighted by atomic mass is 32.2. The number of amides is 1. The minimum Gasteiger partial charge on any atom is -0.376 e. The molecule has 4 rings (SSSR count). The van der Waals surface area contributed by atoms with Gasteiger partial charge < -0.3 is 14.6 Å². The van der Waals surface area contributed by atoms with E-state index in [1.54, 1.807) is 11.3 Å². The van der Waals surface area contributed by atoms with E-state index in [9.17, 15) is 10.1 Å². The summed E-state index contributed by atoms with van der Waals surface area (Å²) in [6.07, 6.45) is 8.53. The second-order valence-electron chi connectivity index (χ2n) is 7.72. The van der Waals surface area contributed by atoms with Crippen LogP contribution in [-0.2, 0) is 35.3 Å². The highest BCUT2D eigenvalue weighted by molar-refractivity contribution is 7.99. The van der Waals surface area contributed by atoms with Gasteiger partial charge in [0.2, 0.25) is 5.91 Å². The van der Waals surface area contributed by atoms with Crippen molar-refractivity contribution in [2.24, 2.45) is 0 Å². The lowest BCUT2D eigenvalue weighted by atomic mass is 10.1. The molecule has 1 saturated heterocycles. The number of aryl methyl sites for hydroxylation is 2. The molecule has 3 heterocycles. The lowest BCUT2D eigenvalue weighted by Crippen LogP contribution is -2.19. The molecule has 30 heavy (non-hydrogen) atoms. The van der Waals surface area contributed by atoms with Crippen LogP contribution in [0.5, 0.6) is 0 Å². The Morgan fingerprint density at radius 2 is 2.20 bits per heavy atom. The van der Waals surface area contributed by atoms with Crippen molar-refractivity contribution < 1.29 is 9.53 Å². The van der Waals surface area contributed by atoms with E-state index in [4.69, 9.17) is 4.74 Å². The van der Waals surface area contributed by atoms with Crippen LogP contribution in [0.2, 0.25) is 0 Å². The van der Waals surface area contributed by atoms with Crippen LogP contribution in [0.25, 0.3) is 0 Å². The fourth-order valence-corrected chi connectivity index (χ4v) is 6.13. The van der Waals surface area contributed by atoms with Gasteiger partial charge in [-0.2, -0.15) is 5.26 Å². The van der Waals surface area contributed by atoms with Gasteiger partial charge in [-0.3, -0.25) is 4.79 Å². The van der Waals surface area contributed by atoms with Crippen molar-refractivity contribution >= 4 is 34.0 Å². The van der Waals surface area contributed by atoms with Crippen LogP contribution in [-0.4, -0.2) is 39.1 Å². The number of thiophene rings is 1. The van der Waals surface area contributed by atoms with E-state index in [2.05, 4.69) is 33.1 Å². The molecular weight excluding hydrogens is 418 g/mol. The minimum absolute atomic E-state index is 0.113. The maximum Gasteiger partial charge on any atom is 0.235 e. The van der Waals surface area contributed by atoms with Gasteiger partial charge in [0.15, 0.2) is 5.16 Å². The van der Waals surface area contributed by atoms with Crippen LogP contribution in [0.3, 0.4) is 0 Å².